The third kappa shape index (κ3) is 3.61. The average molecular weight is 326 g/mol. The van der Waals surface area contributed by atoms with Crippen molar-refractivity contribution >= 4 is 6.16 Å². The lowest BCUT2D eigenvalue weighted by molar-refractivity contribution is 0.151. The second-order valence-electron chi connectivity index (χ2n) is 6.13. The van der Waals surface area contributed by atoms with E-state index in [1.165, 1.54) is 11.1 Å². The zero-order valence-corrected chi connectivity index (χ0v) is 15.4. The van der Waals surface area contributed by atoms with E-state index in [2.05, 4.69) is 27.7 Å². The third-order valence-electron chi connectivity index (χ3n) is 4.75. The minimum absolute atomic E-state index is 0.576. The fourth-order valence-electron chi connectivity index (χ4n) is 2.97. The summed E-state index contributed by atoms with van der Waals surface area (Å²) in [5.41, 5.74) is 6.78. The number of benzene rings is 2. The van der Waals surface area contributed by atoms with Gasteiger partial charge in [-0.05, 0) is 86.1 Å². The summed E-state index contributed by atoms with van der Waals surface area (Å²) in [4.78, 5) is 12.3. The van der Waals surface area contributed by atoms with E-state index in [-0.39, 0.29) is 0 Å². The van der Waals surface area contributed by atoms with Crippen molar-refractivity contribution in [3.05, 3.63) is 57.6 Å². The van der Waals surface area contributed by atoms with Crippen LogP contribution in [-0.4, -0.2) is 6.16 Å². The van der Waals surface area contributed by atoms with Crippen molar-refractivity contribution in [2.45, 2.75) is 54.4 Å². The molecule has 0 atom stereocenters. The first kappa shape index (κ1) is 18.1. The second kappa shape index (κ2) is 7.52. The molecule has 128 valence electrons. The van der Waals surface area contributed by atoms with Crippen LogP contribution in [0.15, 0.2) is 24.3 Å². The molecule has 0 amide bonds. The second-order valence-corrected chi connectivity index (χ2v) is 6.13. The molecule has 0 bridgehead atoms. The van der Waals surface area contributed by atoms with Crippen molar-refractivity contribution in [3.8, 4) is 11.5 Å². The summed E-state index contributed by atoms with van der Waals surface area (Å²) in [5.74, 6) is 1.15. The number of aryl methyl sites for hydroxylation is 2. The number of ether oxygens (including phenoxy) is 2. The van der Waals surface area contributed by atoms with E-state index >= 15 is 0 Å². The maximum atomic E-state index is 12.3. The lowest BCUT2D eigenvalue weighted by Crippen LogP contribution is -2.16. The van der Waals surface area contributed by atoms with Crippen molar-refractivity contribution in [2.24, 2.45) is 0 Å². The van der Waals surface area contributed by atoms with Crippen molar-refractivity contribution in [1.29, 1.82) is 0 Å². The highest BCUT2D eigenvalue weighted by molar-refractivity contribution is 5.69. The van der Waals surface area contributed by atoms with Gasteiger partial charge in [0, 0.05) is 0 Å². The van der Waals surface area contributed by atoms with Gasteiger partial charge >= 0.3 is 6.16 Å². The molecule has 0 radical (unpaired) electrons. The van der Waals surface area contributed by atoms with Crippen LogP contribution in [0.25, 0.3) is 0 Å². The van der Waals surface area contributed by atoms with E-state index in [9.17, 15) is 4.79 Å². The maximum Gasteiger partial charge on any atom is 0.519 e. The molecule has 24 heavy (non-hydrogen) atoms. The molecule has 0 heterocycles. The molecular weight excluding hydrogens is 300 g/mol. The maximum absolute atomic E-state index is 12.3. The fraction of sp³-hybridized carbons (Fsp3) is 0.381. The van der Waals surface area contributed by atoms with Gasteiger partial charge in [0.05, 0.1) is 0 Å². The smallest absolute Gasteiger partial charge is 0.394 e. The van der Waals surface area contributed by atoms with Crippen LogP contribution < -0.4 is 9.47 Å². The lowest BCUT2D eigenvalue weighted by Gasteiger charge is -2.15. The first-order valence-corrected chi connectivity index (χ1v) is 8.46. The van der Waals surface area contributed by atoms with Crippen LogP contribution in [0.3, 0.4) is 0 Å². The molecule has 0 saturated carbocycles. The van der Waals surface area contributed by atoms with Gasteiger partial charge in [-0.15, -0.1) is 0 Å². The largest absolute Gasteiger partial charge is 0.519 e. The molecule has 3 nitrogen and oxygen atoms in total. The first-order chi connectivity index (χ1) is 11.4. The van der Waals surface area contributed by atoms with Gasteiger partial charge in [-0.2, -0.15) is 0 Å². The SMILES string of the molecule is CCc1c(OC(=O)Oc2ccc(C)c(C)c2CC)ccc(C)c1C. The Morgan fingerprint density at radius 2 is 1.12 bits per heavy atom. The van der Waals surface area contributed by atoms with Crippen LogP contribution in [0, 0.1) is 27.7 Å². The zero-order chi connectivity index (χ0) is 17.9. The molecule has 2 aromatic rings. The Bertz CT molecular complexity index is 697. The molecule has 0 unspecified atom stereocenters. The summed E-state index contributed by atoms with van der Waals surface area (Å²) < 4.78 is 11.0. The van der Waals surface area contributed by atoms with E-state index in [4.69, 9.17) is 9.47 Å². The van der Waals surface area contributed by atoms with Crippen LogP contribution in [0.5, 0.6) is 11.5 Å². The summed E-state index contributed by atoms with van der Waals surface area (Å²) in [6.45, 7) is 12.3. The highest BCUT2D eigenvalue weighted by Crippen LogP contribution is 2.28. The minimum Gasteiger partial charge on any atom is -0.394 e. The van der Waals surface area contributed by atoms with Crippen LogP contribution in [0.2, 0.25) is 0 Å². The van der Waals surface area contributed by atoms with E-state index < -0.39 is 6.16 Å². The lowest BCUT2D eigenvalue weighted by atomic mass is 10.0. The summed E-state index contributed by atoms with van der Waals surface area (Å²) in [5, 5.41) is 0. The van der Waals surface area contributed by atoms with Crippen molar-refractivity contribution in [3.63, 3.8) is 0 Å². The number of hydrogen-bond donors (Lipinski definition) is 0. The zero-order valence-electron chi connectivity index (χ0n) is 15.4. The van der Waals surface area contributed by atoms with Crippen molar-refractivity contribution in [1.82, 2.24) is 0 Å². The summed E-state index contributed by atoms with van der Waals surface area (Å²) in [6.07, 6.45) is 0.922. The summed E-state index contributed by atoms with van der Waals surface area (Å²) in [6, 6.07) is 7.60. The first-order valence-electron chi connectivity index (χ1n) is 8.46. The van der Waals surface area contributed by atoms with Crippen LogP contribution in [-0.2, 0) is 12.8 Å². The van der Waals surface area contributed by atoms with Crippen LogP contribution in [0.4, 0.5) is 4.79 Å². The van der Waals surface area contributed by atoms with Gasteiger partial charge in [0.25, 0.3) is 0 Å². The van der Waals surface area contributed by atoms with Crippen LogP contribution >= 0.6 is 0 Å². The molecule has 0 spiro atoms. The fourth-order valence-corrected chi connectivity index (χ4v) is 2.97. The van der Waals surface area contributed by atoms with Gasteiger partial charge in [0.2, 0.25) is 0 Å². The minimum atomic E-state index is -0.689. The molecule has 2 aromatic carbocycles. The Labute approximate surface area is 144 Å². The molecule has 3 heteroatoms. The number of rotatable bonds is 4. The summed E-state index contributed by atoms with van der Waals surface area (Å²) in [7, 11) is 0. The van der Waals surface area contributed by atoms with Crippen LogP contribution in [0.1, 0.15) is 47.2 Å². The van der Waals surface area contributed by atoms with Gasteiger partial charge in [-0.3, -0.25) is 0 Å². The van der Waals surface area contributed by atoms with Gasteiger partial charge < -0.3 is 9.47 Å². The standard InChI is InChI=1S/C21H26O3/c1-7-17-15(5)13(3)9-11-19(17)23-21(22)24-20-12-10-14(4)16(6)18(20)8-2/h9-12H,7-8H2,1-6H3. The molecule has 0 saturated heterocycles. The average Bonchev–Trinajstić information content (AvgIpc) is 2.55. The van der Waals surface area contributed by atoms with E-state index in [1.54, 1.807) is 0 Å². The predicted molar refractivity (Wildman–Crippen MR) is 97.2 cm³/mol. The Morgan fingerprint density at radius 1 is 0.750 bits per heavy atom. The highest BCUT2D eigenvalue weighted by atomic mass is 16.7. The quantitative estimate of drug-likeness (QED) is 0.540. The molecule has 0 N–H and O–H groups in total. The molecule has 0 aromatic heterocycles. The topological polar surface area (TPSA) is 35.5 Å². The van der Waals surface area contributed by atoms with Gasteiger partial charge in [-0.25, -0.2) is 4.79 Å². The molecular formula is C21H26O3. The third-order valence-corrected chi connectivity index (χ3v) is 4.75. The Balaban J connectivity index is 2.24. The Morgan fingerprint density at radius 3 is 1.46 bits per heavy atom. The van der Waals surface area contributed by atoms with Gasteiger partial charge in [-0.1, -0.05) is 26.0 Å². The Hall–Kier alpha value is -2.29. The van der Waals surface area contributed by atoms with E-state index in [1.807, 2.05) is 38.1 Å². The highest BCUT2D eigenvalue weighted by Gasteiger charge is 2.16. The predicted octanol–water partition coefficient (Wildman–Crippen LogP) is 5.62. The summed E-state index contributed by atoms with van der Waals surface area (Å²) >= 11 is 0. The molecule has 0 fully saturated rings. The van der Waals surface area contributed by atoms with Crippen molar-refractivity contribution in [2.75, 3.05) is 0 Å². The normalized spacial score (nSPS) is 10.6. The molecule has 2 rings (SSSR count). The molecule has 0 aliphatic carbocycles. The number of carbonyl (C=O) groups is 1. The van der Waals surface area contributed by atoms with Gasteiger partial charge in [0.1, 0.15) is 11.5 Å². The van der Waals surface area contributed by atoms with Crippen molar-refractivity contribution < 1.29 is 14.3 Å². The van der Waals surface area contributed by atoms with E-state index in [0.717, 1.165) is 35.1 Å². The van der Waals surface area contributed by atoms with E-state index in [0.29, 0.717) is 11.5 Å². The molecule has 0 aliphatic heterocycles. The number of carbonyl (C=O) groups excluding carboxylic acids is 1. The monoisotopic (exact) mass is 326 g/mol. The Kier molecular flexibility index (Phi) is 5.66. The molecule has 0 aliphatic rings. The van der Waals surface area contributed by atoms with Gasteiger partial charge in [0.15, 0.2) is 0 Å². The number of hydrogen-bond acceptors (Lipinski definition) is 3.